The molecule has 294 valence electrons. The fourth-order valence-corrected chi connectivity index (χ4v) is 7.78. The Balaban J connectivity index is 1.41. The lowest BCUT2D eigenvalue weighted by molar-refractivity contribution is 0.0148. The summed E-state index contributed by atoms with van der Waals surface area (Å²) in [5.74, 6) is 0.397. The van der Waals surface area contributed by atoms with Gasteiger partial charge in [0.2, 0.25) is 0 Å². The predicted molar refractivity (Wildman–Crippen MR) is 217 cm³/mol. The fourth-order valence-electron chi connectivity index (χ4n) is 7.53. The van der Waals surface area contributed by atoms with Crippen molar-refractivity contribution in [3.63, 3.8) is 0 Å². The van der Waals surface area contributed by atoms with Gasteiger partial charge in [0.05, 0.1) is 48.7 Å². The zero-order valence-electron chi connectivity index (χ0n) is 33.2. The van der Waals surface area contributed by atoms with Gasteiger partial charge >= 0.3 is 12.1 Å². The molecular weight excluding hydrogens is 718 g/mol. The summed E-state index contributed by atoms with van der Waals surface area (Å²) in [7, 11) is 3.70. The summed E-state index contributed by atoms with van der Waals surface area (Å²) in [6.07, 6.45) is 2.04. The molecule has 0 aliphatic carbocycles. The number of benzene rings is 3. The van der Waals surface area contributed by atoms with Gasteiger partial charge in [-0.3, -0.25) is 9.58 Å². The van der Waals surface area contributed by atoms with Gasteiger partial charge in [-0.25, -0.2) is 9.59 Å². The van der Waals surface area contributed by atoms with E-state index in [9.17, 15) is 9.59 Å². The van der Waals surface area contributed by atoms with Crippen LogP contribution in [0, 0.1) is 0 Å². The number of carbonyl (C=O) groups excluding carboxylic acids is 2. The molecule has 1 atom stereocenters. The van der Waals surface area contributed by atoms with Gasteiger partial charge in [0.1, 0.15) is 17.0 Å². The van der Waals surface area contributed by atoms with Crippen molar-refractivity contribution >= 4 is 45.3 Å². The normalized spacial score (nSPS) is 14.3. The number of ether oxygens (including phenoxy) is 4. The van der Waals surface area contributed by atoms with Crippen molar-refractivity contribution in [2.45, 2.75) is 71.9 Å². The number of hydrogen-bond donors (Lipinski definition) is 1. The molecule has 55 heavy (non-hydrogen) atoms. The highest BCUT2D eigenvalue weighted by Gasteiger charge is 2.34. The minimum Gasteiger partial charge on any atom is -0.493 e. The smallest absolute Gasteiger partial charge is 0.410 e. The Morgan fingerprint density at radius 1 is 1.02 bits per heavy atom. The number of halogens is 1. The molecule has 0 bridgehead atoms. The molecule has 0 spiro atoms. The summed E-state index contributed by atoms with van der Waals surface area (Å²) in [6.45, 7) is 13.9. The van der Waals surface area contributed by atoms with E-state index in [1.807, 2.05) is 68.9 Å². The van der Waals surface area contributed by atoms with Crippen molar-refractivity contribution in [2.75, 3.05) is 53.1 Å². The van der Waals surface area contributed by atoms with Crippen LogP contribution in [0.1, 0.15) is 80.9 Å². The summed E-state index contributed by atoms with van der Waals surface area (Å²) in [5.41, 5.74) is 4.51. The van der Waals surface area contributed by atoms with Crippen LogP contribution < -0.4 is 4.74 Å². The topological polar surface area (TPSA) is 111 Å². The molecule has 6 rings (SSSR count). The van der Waals surface area contributed by atoms with E-state index in [4.69, 9.17) is 35.6 Å². The number of aromatic amines is 1. The van der Waals surface area contributed by atoms with Gasteiger partial charge in [-0.15, -0.1) is 0 Å². The maximum absolute atomic E-state index is 13.7. The molecule has 5 aromatic rings. The first-order valence-electron chi connectivity index (χ1n) is 19.3. The Labute approximate surface area is 328 Å². The zero-order valence-corrected chi connectivity index (χ0v) is 33.9. The number of H-pyrrole nitrogens is 1. The van der Waals surface area contributed by atoms with E-state index < -0.39 is 23.7 Å². The summed E-state index contributed by atoms with van der Waals surface area (Å²) >= 11 is 7.20. The third kappa shape index (κ3) is 8.95. The molecule has 3 aromatic carbocycles. The monoisotopic (exact) mass is 771 g/mol. The first-order chi connectivity index (χ1) is 26.4. The molecule has 12 heteroatoms. The Kier molecular flexibility index (Phi) is 12.7. The highest BCUT2D eigenvalue weighted by molar-refractivity contribution is 6.35. The lowest BCUT2D eigenvalue weighted by Crippen LogP contribution is -2.41. The molecule has 0 saturated carbocycles. The Morgan fingerprint density at radius 2 is 1.76 bits per heavy atom. The van der Waals surface area contributed by atoms with Gasteiger partial charge in [0.25, 0.3) is 0 Å². The van der Waals surface area contributed by atoms with Crippen molar-refractivity contribution in [1.29, 1.82) is 0 Å². The maximum Gasteiger partial charge on any atom is 0.410 e. The number of amides is 1. The van der Waals surface area contributed by atoms with Crippen LogP contribution >= 0.6 is 11.6 Å². The molecule has 1 saturated heterocycles. The van der Waals surface area contributed by atoms with Crippen LogP contribution in [0.15, 0.2) is 54.6 Å². The van der Waals surface area contributed by atoms with E-state index in [0.29, 0.717) is 61.9 Å². The molecule has 1 fully saturated rings. The van der Waals surface area contributed by atoms with Gasteiger partial charge in [-0.2, -0.15) is 5.10 Å². The summed E-state index contributed by atoms with van der Waals surface area (Å²) in [6, 6.07) is 17.6. The van der Waals surface area contributed by atoms with Crippen molar-refractivity contribution in [3.8, 4) is 16.9 Å². The first-order valence-corrected chi connectivity index (χ1v) is 19.7. The van der Waals surface area contributed by atoms with Crippen molar-refractivity contribution in [3.05, 3.63) is 82.3 Å². The number of rotatable bonds is 14. The molecule has 11 nitrogen and oxygen atoms in total. The maximum atomic E-state index is 13.7. The van der Waals surface area contributed by atoms with E-state index in [1.165, 1.54) is 0 Å². The second kappa shape index (κ2) is 17.5. The Morgan fingerprint density at radius 3 is 2.49 bits per heavy atom. The number of esters is 1. The molecule has 1 N–H and O–H groups in total. The summed E-state index contributed by atoms with van der Waals surface area (Å²) in [5, 5.41) is 8.67. The van der Waals surface area contributed by atoms with Crippen LogP contribution in [0.25, 0.3) is 32.8 Å². The Bertz CT molecular complexity index is 2120. The van der Waals surface area contributed by atoms with E-state index in [2.05, 4.69) is 35.0 Å². The summed E-state index contributed by atoms with van der Waals surface area (Å²) in [4.78, 5) is 34.8. The molecule has 2 aromatic heterocycles. The number of aryl methyl sites for hydroxylation is 2. The molecule has 1 aliphatic heterocycles. The van der Waals surface area contributed by atoms with Crippen molar-refractivity contribution < 1.29 is 28.5 Å². The molecule has 3 heterocycles. The summed E-state index contributed by atoms with van der Waals surface area (Å²) < 4.78 is 25.2. The van der Waals surface area contributed by atoms with Crippen LogP contribution in [0.2, 0.25) is 5.02 Å². The highest BCUT2D eigenvalue weighted by Crippen LogP contribution is 2.44. The second-order valence-electron chi connectivity index (χ2n) is 15.0. The second-order valence-corrected chi connectivity index (χ2v) is 15.4. The van der Waals surface area contributed by atoms with Crippen LogP contribution in [0.4, 0.5) is 4.79 Å². The van der Waals surface area contributed by atoms with Gasteiger partial charge in [0.15, 0.2) is 0 Å². The van der Waals surface area contributed by atoms with Gasteiger partial charge < -0.3 is 28.8 Å². The number of nitrogens with zero attached hydrogens (tertiary/aromatic N) is 4. The van der Waals surface area contributed by atoms with Gasteiger partial charge in [-0.1, -0.05) is 61.0 Å². The molecule has 1 amide bonds. The fraction of sp³-hybridized carbons (Fsp3) is 0.465. The van der Waals surface area contributed by atoms with Crippen LogP contribution in [0.3, 0.4) is 0 Å². The van der Waals surface area contributed by atoms with Gasteiger partial charge in [0, 0.05) is 61.3 Å². The van der Waals surface area contributed by atoms with Crippen LogP contribution in [-0.4, -0.2) is 95.3 Å². The molecular formula is C43H54ClN5O6. The average Bonchev–Trinajstić information content (AvgIpc) is 3.69. The molecule has 0 radical (unpaired) electrons. The van der Waals surface area contributed by atoms with Crippen molar-refractivity contribution in [2.24, 2.45) is 7.05 Å². The lowest BCUT2D eigenvalue weighted by atomic mass is 9.93. The number of carbonyl (C=O) groups is 2. The quantitative estimate of drug-likeness (QED) is 0.0882. The highest BCUT2D eigenvalue weighted by atomic mass is 35.5. The third-order valence-electron chi connectivity index (χ3n) is 10.2. The average molecular weight is 772 g/mol. The number of nitrogens with one attached hydrogen (secondary N) is 1. The van der Waals surface area contributed by atoms with E-state index in [1.54, 1.807) is 18.9 Å². The standard InChI is InChI=1S/C43H54ClN5O6/c1-8-33-37(40(46-48(33)7)34(21-22-49-23-26-52-27-24-49)47(6)42(51)55-43(3,4)5)36-32(44)20-19-31-30(39(45-38(31)36)41(50)53-9-2)17-13-25-54-35-18-12-15-28-14-10-11-16-29(28)35/h10-12,14-16,18-20,34,45H,8-9,13,17,21-27H2,1-7H3/t34-/m1/s1. The molecule has 0 unspecified atom stereocenters. The third-order valence-corrected chi connectivity index (χ3v) is 10.5. The largest absolute Gasteiger partial charge is 0.493 e. The van der Waals surface area contributed by atoms with E-state index >= 15 is 0 Å². The number of morpholine rings is 1. The zero-order chi connectivity index (χ0) is 39.3. The lowest BCUT2D eigenvalue weighted by Gasteiger charge is -2.33. The molecule has 1 aliphatic rings. The van der Waals surface area contributed by atoms with Crippen LogP contribution in [-0.2, 0) is 34.1 Å². The minimum atomic E-state index is -0.680. The van der Waals surface area contributed by atoms with Crippen molar-refractivity contribution in [1.82, 2.24) is 24.6 Å². The Hall–Kier alpha value is -4.58. The number of hydrogen-bond acceptors (Lipinski definition) is 8. The predicted octanol–water partition coefficient (Wildman–Crippen LogP) is 8.76. The van der Waals surface area contributed by atoms with Gasteiger partial charge in [-0.05, 0) is 76.5 Å². The van der Waals surface area contributed by atoms with E-state index in [0.717, 1.165) is 69.4 Å². The van der Waals surface area contributed by atoms with Crippen LogP contribution in [0.5, 0.6) is 5.75 Å². The minimum absolute atomic E-state index is 0.236. The number of fused-ring (bicyclic) bond motifs is 2. The van der Waals surface area contributed by atoms with E-state index in [-0.39, 0.29) is 6.61 Å². The number of aromatic nitrogens is 3. The first kappa shape index (κ1) is 40.1. The SMILES string of the molecule is CCOC(=O)c1[nH]c2c(-c3c([C@@H](CCN4CCOCC4)N(C)C(=O)OC(C)(C)C)nn(C)c3CC)c(Cl)ccc2c1CCCOc1cccc2ccccc12.